The van der Waals surface area contributed by atoms with Gasteiger partial charge < -0.3 is 15.0 Å². The molecule has 0 aliphatic heterocycles. The zero-order valence-corrected chi connectivity index (χ0v) is 11.3. The van der Waals surface area contributed by atoms with Crippen LogP contribution in [-0.4, -0.2) is 17.6 Å². The molecule has 0 saturated heterocycles. The molecule has 1 amide bonds. The number of carbonyl (C=O) groups excluding carboxylic acids is 1. The van der Waals surface area contributed by atoms with Crippen molar-refractivity contribution in [3.8, 4) is 11.8 Å². The van der Waals surface area contributed by atoms with Gasteiger partial charge in [0.05, 0.1) is 12.1 Å². The smallest absolute Gasteiger partial charge is 0.408 e. The number of aromatic amines is 1. The lowest BCUT2D eigenvalue weighted by Gasteiger charge is -2.04. The van der Waals surface area contributed by atoms with E-state index in [0.717, 1.165) is 5.56 Å². The topological polar surface area (TPSA) is 71.2 Å². The number of ether oxygens (including phenoxy) is 1. The highest BCUT2D eigenvalue weighted by Crippen LogP contribution is 2.00. The first-order chi connectivity index (χ1) is 10.3. The monoisotopic (exact) mass is 282 g/mol. The quantitative estimate of drug-likeness (QED) is 0.841. The van der Waals surface area contributed by atoms with E-state index in [1.807, 2.05) is 30.3 Å². The minimum absolute atomic E-state index is 0.113. The molecule has 0 aliphatic rings. The lowest BCUT2D eigenvalue weighted by molar-refractivity contribution is 0.141. The zero-order chi connectivity index (χ0) is 14.9. The first kappa shape index (κ1) is 14.4. The van der Waals surface area contributed by atoms with Crippen LogP contribution < -0.4 is 10.7 Å². The van der Waals surface area contributed by atoms with Crippen molar-refractivity contribution in [1.82, 2.24) is 10.3 Å². The largest absolute Gasteiger partial charge is 0.445 e. The lowest BCUT2D eigenvalue weighted by Crippen LogP contribution is -2.24. The molecule has 2 N–H and O–H groups in total. The molecule has 0 saturated carbocycles. The van der Waals surface area contributed by atoms with E-state index in [1.54, 1.807) is 0 Å². The Kier molecular flexibility index (Phi) is 5.18. The first-order valence-electron chi connectivity index (χ1n) is 6.36. The van der Waals surface area contributed by atoms with E-state index >= 15 is 0 Å². The van der Waals surface area contributed by atoms with Crippen LogP contribution >= 0.6 is 0 Å². The summed E-state index contributed by atoms with van der Waals surface area (Å²) in [6.45, 7) is 0.320. The molecule has 1 aromatic carbocycles. The Hall–Kier alpha value is -3.00. The number of carbonyl (C=O) groups is 1. The minimum atomic E-state index is -0.546. The van der Waals surface area contributed by atoms with Gasteiger partial charge in [0.1, 0.15) is 6.61 Å². The molecular weight excluding hydrogens is 268 g/mol. The molecule has 0 fully saturated rings. The van der Waals surface area contributed by atoms with E-state index in [2.05, 4.69) is 22.1 Å². The molecule has 0 radical (unpaired) electrons. The molecule has 5 heteroatoms. The summed E-state index contributed by atoms with van der Waals surface area (Å²) in [7, 11) is 0. The molecular formula is C16H14N2O3. The molecule has 21 heavy (non-hydrogen) atoms. The average Bonchev–Trinajstić information content (AvgIpc) is 2.52. The molecule has 0 atom stereocenters. The summed E-state index contributed by atoms with van der Waals surface area (Å²) in [6.07, 6.45) is 2.51. The molecule has 2 aromatic rings. The second-order valence-electron chi connectivity index (χ2n) is 4.14. The second-order valence-corrected chi connectivity index (χ2v) is 4.14. The van der Waals surface area contributed by atoms with Gasteiger partial charge in [-0.05, 0) is 5.56 Å². The van der Waals surface area contributed by atoms with E-state index in [1.165, 1.54) is 18.5 Å². The Balaban J connectivity index is 1.75. The van der Waals surface area contributed by atoms with E-state index in [9.17, 15) is 9.59 Å². The van der Waals surface area contributed by atoms with Gasteiger partial charge in [-0.2, -0.15) is 0 Å². The predicted molar refractivity (Wildman–Crippen MR) is 78.6 cm³/mol. The van der Waals surface area contributed by atoms with Crippen LogP contribution in [0, 0.1) is 11.8 Å². The number of pyridine rings is 1. The van der Waals surface area contributed by atoms with Crippen LogP contribution in [0.2, 0.25) is 0 Å². The highest BCUT2D eigenvalue weighted by Gasteiger charge is 2.00. The fraction of sp³-hybridized carbons (Fsp3) is 0.125. The van der Waals surface area contributed by atoms with E-state index in [4.69, 9.17) is 4.74 Å². The van der Waals surface area contributed by atoms with E-state index in [0.29, 0.717) is 5.56 Å². The van der Waals surface area contributed by atoms with Crippen molar-refractivity contribution in [3.05, 3.63) is 70.1 Å². The van der Waals surface area contributed by atoms with Crippen LogP contribution in [0.1, 0.15) is 11.1 Å². The van der Waals surface area contributed by atoms with Crippen molar-refractivity contribution in [2.24, 2.45) is 0 Å². The summed E-state index contributed by atoms with van der Waals surface area (Å²) in [5.74, 6) is 5.37. The standard InChI is InChI=1S/C16H14N2O3/c19-15-8-10-17-11-14(15)7-4-9-18-16(20)21-12-13-5-2-1-3-6-13/h1-3,5-6,8,10-11H,9,12H2,(H,17,19)(H,18,20). The van der Waals surface area contributed by atoms with Crippen molar-refractivity contribution in [2.45, 2.75) is 6.61 Å². The van der Waals surface area contributed by atoms with Crippen LogP contribution in [0.5, 0.6) is 0 Å². The van der Waals surface area contributed by atoms with Crippen molar-refractivity contribution in [2.75, 3.05) is 6.54 Å². The maximum Gasteiger partial charge on any atom is 0.408 e. The Morgan fingerprint density at radius 2 is 2.05 bits per heavy atom. The SMILES string of the molecule is O=C(NCC#Cc1c[nH]ccc1=O)OCc1ccccc1. The number of hydrogen-bond donors (Lipinski definition) is 2. The van der Waals surface area contributed by atoms with Gasteiger partial charge in [0.15, 0.2) is 5.43 Å². The fourth-order valence-electron chi connectivity index (χ4n) is 1.54. The van der Waals surface area contributed by atoms with Gasteiger partial charge in [-0.25, -0.2) is 4.79 Å². The Morgan fingerprint density at radius 1 is 1.24 bits per heavy atom. The maximum atomic E-state index is 11.4. The number of H-pyrrole nitrogens is 1. The van der Waals surface area contributed by atoms with Gasteiger partial charge in [0, 0.05) is 18.5 Å². The zero-order valence-electron chi connectivity index (χ0n) is 11.3. The third-order valence-electron chi connectivity index (χ3n) is 2.58. The third kappa shape index (κ3) is 4.88. The van der Waals surface area contributed by atoms with Crippen molar-refractivity contribution in [3.63, 3.8) is 0 Å². The van der Waals surface area contributed by atoms with Crippen molar-refractivity contribution >= 4 is 6.09 Å². The Bertz CT molecular complexity index is 711. The van der Waals surface area contributed by atoms with Crippen LogP contribution in [0.4, 0.5) is 4.79 Å². The maximum absolute atomic E-state index is 11.4. The van der Waals surface area contributed by atoms with E-state index in [-0.39, 0.29) is 18.6 Å². The van der Waals surface area contributed by atoms with Crippen LogP contribution in [0.25, 0.3) is 0 Å². The van der Waals surface area contributed by atoms with Gasteiger partial charge >= 0.3 is 6.09 Å². The van der Waals surface area contributed by atoms with Crippen LogP contribution in [0.3, 0.4) is 0 Å². The normalized spacial score (nSPS) is 9.33. The number of aromatic nitrogens is 1. The summed E-state index contributed by atoms with van der Waals surface area (Å²) >= 11 is 0. The number of benzene rings is 1. The minimum Gasteiger partial charge on any atom is -0.445 e. The summed E-state index contributed by atoms with van der Waals surface area (Å²) in [5, 5.41) is 2.50. The molecule has 0 bridgehead atoms. The number of alkyl carbamates (subject to hydrolysis) is 1. The molecule has 1 aromatic heterocycles. The number of nitrogens with one attached hydrogen (secondary N) is 2. The van der Waals surface area contributed by atoms with Gasteiger partial charge in [-0.1, -0.05) is 42.2 Å². The summed E-state index contributed by atoms with van der Waals surface area (Å²) in [5.41, 5.74) is 1.11. The average molecular weight is 282 g/mol. The number of rotatable bonds is 3. The highest BCUT2D eigenvalue weighted by molar-refractivity contribution is 5.67. The molecule has 1 heterocycles. The summed E-state index contributed by atoms with van der Waals surface area (Å²) in [4.78, 5) is 25.6. The Morgan fingerprint density at radius 3 is 2.81 bits per heavy atom. The fourth-order valence-corrected chi connectivity index (χ4v) is 1.54. The van der Waals surface area contributed by atoms with Gasteiger partial charge in [-0.15, -0.1) is 0 Å². The third-order valence-corrected chi connectivity index (χ3v) is 2.58. The lowest BCUT2D eigenvalue weighted by atomic mass is 10.2. The van der Waals surface area contributed by atoms with E-state index < -0.39 is 6.09 Å². The number of amides is 1. The summed E-state index contributed by atoms with van der Waals surface area (Å²) < 4.78 is 5.02. The van der Waals surface area contributed by atoms with Gasteiger partial charge in [-0.3, -0.25) is 4.79 Å². The summed E-state index contributed by atoms with van der Waals surface area (Å²) in [6, 6.07) is 10.8. The van der Waals surface area contributed by atoms with Crippen LogP contribution in [-0.2, 0) is 11.3 Å². The van der Waals surface area contributed by atoms with Crippen molar-refractivity contribution in [1.29, 1.82) is 0 Å². The molecule has 0 unspecified atom stereocenters. The molecule has 0 aliphatic carbocycles. The first-order valence-corrected chi connectivity index (χ1v) is 6.36. The van der Waals surface area contributed by atoms with Gasteiger partial charge in [0.2, 0.25) is 0 Å². The Labute approximate surface area is 122 Å². The molecule has 0 spiro atoms. The predicted octanol–water partition coefficient (Wildman–Crippen LogP) is 1.65. The molecule has 5 nitrogen and oxygen atoms in total. The number of hydrogen-bond acceptors (Lipinski definition) is 3. The molecule has 106 valence electrons. The van der Waals surface area contributed by atoms with Crippen molar-refractivity contribution < 1.29 is 9.53 Å². The van der Waals surface area contributed by atoms with Gasteiger partial charge in [0.25, 0.3) is 0 Å². The molecule has 2 rings (SSSR count). The van der Waals surface area contributed by atoms with Crippen LogP contribution in [0.15, 0.2) is 53.6 Å². The highest BCUT2D eigenvalue weighted by atomic mass is 16.5. The second kappa shape index (κ2) is 7.56.